The number of aryl methyl sites for hydroxylation is 1. The van der Waals surface area contributed by atoms with Gasteiger partial charge in [-0.2, -0.15) is 0 Å². The van der Waals surface area contributed by atoms with E-state index in [0.29, 0.717) is 0 Å². The zero-order chi connectivity index (χ0) is 17.5. The summed E-state index contributed by atoms with van der Waals surface area (Å²) in [4.78, 5) is 11.9. The summed E-state index contributed by atoms with van der Waals surface area (Å²) >= 11 is 0. The summed E-state index contributed by atoms with van der Waals surface area (Å²) in [7, 11) is 0. The van der Waals surface area contributed by atoms with Crippen molar-refractivity contribution in [1.82, 2.24) is 10.6 Å². The van der Waals surface area contributed by atoms with Crippen molar-refractivity contribution in [2.24, 2.45) is 0 Å². The van der Waals surface area contributed by atoms with E-state index in [0.717, 1.165) is 23.3 Å². The van der Waals surface area contributed by atoms with Gasteiger partial charge in [0.1, 0.15) is 12.4 Å². The number of hydrogen-bond acceptors (Lipinski definition) is 2. The zero-order valence-corrected chi connectivity index (χ0v) is 13.6. The molecule has 0 saturated heterocycles. The normalized spacial score (nSPS) is 11.7. The van der Waals surface area contributed by atoms with Crippen molar-refractivity contribution in [3.8, 4) is 5.75 Å². The number of carbonyl (C=O) groups is 1. The highest BCUT2D eigenvalue weighted by atomic mass is 19.2. The van der Waals surface area contributed by atoms with Gasteiger partial charge in [0.05, 0.1) is 12.6 Å². The number of benzene rings is 2. The van der Waals surface area contributed by atoms with Gasteiger partial charge in [-0.25, -0.2) is 13.6 Å². The molecular formula is C18H20F2N2O2. The molecule has 24 heavy (non-hydrogen) atoms. The van der Waals surface area contributed by atoms with Crippen LogP contribution in [0.3, 0.4) is 0 Å². The van der Waals surface area contributed by atoms with E-state index in [2.05, 4.69) is 10.6 Å². The highest BCUT2D eigenvalue weighted by Gasteiger charge is 2.10. The number of ether oxygens (including phenoxy) is 1. The van der Waals surface area contributed by atoms with Crippen molar-refractivity contribution in [3.63, 3.8) is 0 Å². The SMILES string of the molecule is Cc1ccccc1C(C)NC(=O)NCCOc1ccc(F)c(F)c1. The maximum Gasteiger partial charge on any atom is 0.315 e. The van der Waals surface area contributed by atoms with Gasteiger partial charge in [0.15, 0.2) is 11.6 Å². The van der Waals surface area contributed by atoms with Gasteiger partial charge in [-0.1, -0.05) is 24.3 Å². The molecule has 1 atom stereocenters. The standard InChI is InChI=1S/C18H20F2N2O2/c1-12-5-3-4-6-15(12)13(2)22-18(23)21-9-10-24-14-7-8-16(19)17(20)11-14/h3-8,11,13H,9-10H2,1-2H3,(H2,21,22,23). The molecule has 1 unspecified atom stereocenters. The van der Waals surface area contributed by atoms with Crippen molar-refractivity contribution in [3.05, 3.63) is 65.2 Å². The Labute approximate surface area is 139 Å². The van der Waals surface area contributed by atoms with Crippen molar-refractivity contribution in [2.45, 2.75) is 19.9 Å². The van der Waals surface area contributed by atoms with Crippen LogP contribution in [0.15, 0.2) is 42.5 Å². The molecule has 2 N–H and O–H groups in total. The molecule has 0 aliphatic rings. The van der Waals surface area contributed by atoms with E-state index in [4.69, 9.17) is 4.74 Å². The van der Waals surface area contributed by atoms with Crippen LogP contribution in [0, 0.1) is 18.6 Å². The molecule has 0 aliphatic heterocycles. The number of hydrogen-bond donors (Lipinski definition) is 2. The molecule has 0 spiro atoms. The first kappa shape index (κ1) is 17.7. The summed E-state index contributed by atoms with van der Waals surface area (Å²) in [5.74, 6) is -1.68. The lowest BCUT2D eigenvalue weighted by atomic mass is 10.0. The second kappa shape index (κ2) is 8.29. The molecule has 4 nitrogen and oxygen atoms in total. The Balaban J connectivity index is 1.73. The third kappa shape index (κ3) is 4.94. The molecular weight excluding hydrogens is 314 g/mol. The molecule has 2 rings (SSSR count). The molecule has 0 bridgehead atoms. The smallest absolute Gasteiger partial charge is 0.315 e. The lowest BCUT2D eigenvalue weighted by Gasteiger charge is -2.17. The van der Waals surface area contributed by atoms with Crippen molar-refractivity contribution >= 4 is 6.03 Å². The first-order valence-corrected chi connectivity index (χ1v) is 7.65. The van der Waals surface area contributed by atoms with Crippen LogP contribution >= 0.6 is 0 Å². The van der Waals surface area contributed by atoms with Gasteiger partial charge in [-0.05, 0) is 37.1 Å². The minimum Gasteiger partial charge on any atom is -0.492 e. The lowest BCUT2D eigenvalue weighted by Crippen LogP contribution is -2.39. The molecule has 2 aromatic carbocycles. The van der Waals surface area contributed by atoms with Crippen LogP contribution < -0.4 is 15.4 Å². The van der Waals surface area contributed by atoms with Gasteiger partial charge in [0.25, 0.3) is 0 Å². The van der Waals surface area contributed by atoms with Crippen LogP contribution in [0.25, 0.3) is 0 Å². The molecule has 6 heteroatoms. The van der Waals surface area contributed by atoms with Crippen LogP contribution in [-0.2, 0) is 0 Å². The van der Waals surface area contributed by atoms with E-state index in [1.54, 1.807) is 0 Å². The third-order valence-corrected chi connectivity index (χ3v) is 3.55. The minimum atomic E-state index is -0.967. The number of rotatable bonds is 6. The molecule has 0 saturated carbocycles. The van der Waals surface area contributed by atoms with E-state index in [1.807, 2.05) is 38.1 Å². The number of halogens is 2. The zero-order valence-electron chi connectivity index (χ0n) is 13.6. The van der Waals surface area contributed by atoms with E-state index >= 15 is 0 Å². The van der Waals surface area contributed by atoms with Gasteiger partial charge in [0.2, 0.25) is 0 Å². The van der Waals surface area contributed by atoms with Crippen LogP contribution in [0.5, 0.6) is 5.75 Å². The Bertz CT molecular complexity index is 707. The van der Waals surface area contributed by atoms with E-state index in [-0.39, 0.29) is 31.0 Å². The summed E-state index contributed by atoms with van der Waals surface area (Å²) in [6.07, 6.45) is 0. The van der Waals surface area contributed by atoms with Gasteiger partial charge in [-0.3, -0.25) is 0 Å². The minimum absolute atomic E-state index is 0.127. The quantitative estimate of drug-likeness (QED) is 0.791. The average Bonchev–Trinajstić information content (AvgIpc) is 2.55. The third-order valence-electron chi connectivity index (χ3n) is 3.55. The van der Waals surface area contributed by atoms with Crippen LogP contribution in [-0.4, -0.2) is 19.2 Å². The van der Waals surface area contributed by atoms with Crippen LogP contribution in [0.4, 0.5) is 13.6 Å². The molecule has 128 valence electrons. The summed E-state index contributed by atoms with van der Waals surface area (Å²) in [5, 5.41) is 5.49. The van der Waals surface area contributed by atoms with Crippen molar-refractivity contribution < 1.29 is 18.3 Å². The van der Waals surface area contributed by atoms with E-state index in [1.165, 1.54) is 6.07 Å². The van der Waals surface area contributed by atoms with Gasteiger partial charge in [0, 0.05) is 6.07 Å². The molecule has 0 aliphatic carbocycles. The molecule has 0 radical (unpaired) electrons. The topological polar surface area (TPSA) is 50.4 Å². The highest BCUT2D eigenvalue weighted by molar-refractivity contribution is 5.74. The lowest BCUT2D eigenvalue weighted by molar-refractivity contribution is 0.233. The van der Waals surface area contributed by atoms with Gasteiger partial charge < -0.3 is 15.4 Å². The highest BCUT2D eigenvalue weighted by Crippen LogP contribution is 2.16. The summed E-state index contributed by atoms with van der Waals surface area (Å²) in [6.45, 7) is 4.28. The van der Waals surface area contributed by atoms with Crippen LogP contribution in [0.1, 0.15) is 24.1 Å². The Morgan fingerprint density at radius 3 is 2.62 bits per heavy atom. The monoisotopic (exact) mass is 334 g/mol. The average molecular weight is 334 g/mol. The second-order valence-corrected chi connectivity index (χ2v) is 5.40. The summed E-state index contributed by atoms with van der Waals surface area (Å²) in [6, 6.07) is 10.7. The largest absolute Gasteiger partial charge is 0.492 e. The second-order valence-electron chi connectivity index (χ2n) is 5.40. The summed E-state index contributed by atoms with van der Waals surface area (Å²) in [5.41, 5.74) is 2.15. The Morgan fingerprint density at radius 1 is 1.17 bits per heavy atom. The first-order valence-electron chi connectivity index (χ1n) is 7.65. The molecule has 2 aromatic rings. The molecule has 0 heterocycles. The predicted molar refractivity (Wildman–Crippen MR) is 88.0 cm³/mol. The fourth-order valence-electron chi connectivity index (χ4n) is 2.30. The number of nitrogens with one attached hydrogen (secondary N) is 2. The van der Waals surface area contributed by atoms with Crippen LogP contribution in [0.2, 0.25) is 0 Å². The Hall–Kier alpha value is -2.63. The van der Waals surface area contributed by atoms with E-state index < -0.39 is 11.6 Å². The first-order chi connectivity index (χ1) is 11.5. The molecule has 0 fully saturated rings. The van der Waals surface area contributed by atoms with Crippen molar-refractivity contribution in [2.75, 3.05) is 13.2 Å². The maximum absolute atomic E-state index is 13.0. The summed E-state index contributed by atoms with van der Waals surface area (Å²) < 4.78 is 31.1. The number of urea groups is 1. The number of carbonyl (C=O) groups excluding carboxylic acids is 1. The fraction of sp³-hybridized carbons (Fsp3) is 0.278. The fourth-order valence-corrected chi connectivity index (χ4v) is 2.30. The van der Waals surface area contributed by atoms with E-state index in [9.17, 15) is 13.6 Å². The molecule has 2 amide bonds. The number of amides is 2. The Kier molecular flexibility index (Phi) is 6.12. The van der Waals surface area contributed by atoms with Gasteiger partial charge >= 0.3 is 6.03 Å². The van der Waals surface area contributed by atoms with Crippen molar-refractivity contribution in [1.29, 1.82) is 0 Å². The Morgan fingerprint density at radius 2 is 1.92 bits per heavy atom. The molecule has 0 aromatic heterocycles. The predicted octanol–water partition coefficient (Wildman–Crippen LogP) is 3.71. The maximum atomic E-state index is 13.0. The van der Waals surface area contributed by atoms with Gasteiger partial charge in [-0.15, -0.1) is 0 Å².